The second-order valence-corrected chi connectivity index (χ2v) is 7.24. The molecule has 0 aliphatic carbocycles. The van der Waals surface area contributed by atoms with E-state index in [1.807, 2.05) is 0 Å². The molecule has 30 heavy (non-hydrogen) atoms. The summed E-state index contributed by atoms with van der Waals surface area (Å²) in [5.41, 5.74) is 2.35. The molecule has 0 radical (unpaired) electrons. The van der Waals surface area contributed by atoms with Crippen LogP contribution >= 0.6 is 0 Å². The Hall–Kier alpha value is -3.82. The lowest BCUT2D eigenvalue weighted by Crippen LogP contribution is -2.42. The van der Waals surface area contributed by atoms with Gasteiger partial charge in [-0.25, -0.2) is 24.1 Å². The first-order valence-electron chi connectivity index (χ1n) is 9.48. The Bertz CT molecular complexity index is 1300. The van der Waals surface area contributed by atoms with Crippen molar-refractivity contribution in [3.8, 4) is 11.3 Å². The highest BCUT2D eigenvalue weighted by molar-refractivity contribution is 6.01. The van der Waals surface area contributed by atoms with Crippen LogP contribution in [0, 0.1) is 5.82 Å². The molecule has 1 amide bonds. The molecule has 0 unspecified atom stereocenters. The lowest BCUT2D eigenvalue weighted by molar-refractivity contribution is -0.148. The number of fused-ring (bicyclic) bond motifs is 2. The Kier molecular flexibility index (Phi) is 4.19. The highest BCUT2D eigenvalue weighted by atomic mass is 19.1. The molecule has 1 fully saturated rings. The largest absolute Gasteiger partial charge is 0.480 e. The number of rotatable bonds is 4. The van der Waals surface area contributed by atoms with E-state index in [9.17, 15) is 19.1 Å². The van der Waals surface area contributed by atoms with Gasteiger partial charge in [-0.05, 0) is 25.0 Å². The molecule has 152 valence electrons. The van der Waals surface area contributed by atoms with E-state index in [2.05, 4.69) is 19.9 Å². The predicted molar refractivity (Wildman–Crippen MR) is 105 cm³/mol. The fourth-order valence-electron chi connectivity index (χ4n) is 4.08. The molecule has 1 saturated heterocycles. The Morgan fingerprint density at radius 2 is 2.13 bits per heavy atom. The zero-order valence-corrected chi connectivity index (χ0v) is 15.7. The van der Waals surface area contributed by atoms with E-state index in [-0.39, 0.29) is 12.5 Å². The predicted octanol–water partition coefficient (Wildman–Crippen LogP) is 2.19. The van der Waals surface area contributed by atoms with Crippen molar-refractivity contribution in [1.82, 2.24) is 29.4 Å². The fraction of sp³-hybridized carbons (Fsp3) is 0.250. The van der Waals surface area contributed by atoms with Crippen molar-refractivity contribution in [3.63, 3.8) is 0 Å². The molecule has 5 rings (SSSR count). The number of halogens is 1. The van der Waals surface area contributed by atoms with Crippen LogP contribution < -0.4 is 0 Å². The van der Waals surface area contributed by atoms with E-state index >= 15 is 0 Å². The molecule has 1 aliphatic rings. The van der Waals surface area contributed by atoms with Gasteiger partial charge in [-0.3, -0.25) is 4.79 Å². The third-order valence-electron chi connectivity index (χ3n) is 5.47. The smallest absolute Gasteiger partial charge is 0.326 e. The van der Waals surface area contributed by atoms with Crippen LogP contribution in [0.25, 0.3) is 33.3 Å². The van der Waals surface area contributed by atoms with Gasteiger partial charge in [0.2, 0.25) is 5.91 Å². The van der Waals surface area contributed by atoms with Gasteiger partial charge in [0.25, 0.3) is 0 Å². The summed E-state index contributed by atoms with van der Waals surface area (Å²) >= 11 is 0. The molecule has 10 heteroatoms. The van der Waals surface area contributed by atoms with Crippen LogP contribution in [0.1, 0.15) is 12.8 Å². The van der Waals surface area contributed by atoms with Crippen LogP contribution in [-0.4, -0.2) is 59.0 Å². The van der Waals surface area contributed by atoms with Gasteiger partial charge in [0.1, 0.15) is 36.0 Å². The van der Waals surface area contributed by atoms with Gasteiger partial charge in [0, 0.05) is 35.3 Å². The van der Waals surface area contributed by atoms with Crippen LogP contribution in [0.15, 0.2) is 37.1 Å². The SMILES string of the molecule is O=C(O)[C@H]1CCCN1C(=O)Cn1ccc2c(-c3c[nH]c4ncc(F)cc34)ncnc21. The zero-order valence-electron chi connectivity index (χ0n) is 15.7. The first-order valence-corrected chi connectivity index (χ1v) is 9.48. The van der Waals surface area contributed by atoms with Gasteiger partial charge >= 0.3 is 5.97 Å². The molecule has 4 aromatic rings. The van der Waals surface area contributed by atoms with Crippen molar-refractivity contribution in [1.29, 1.82) is 0 Å². The van der Waals surface area contributed by atoms with Crippen LogP contribution in [0.4, 0.5) is 4.39 Å². The molecule has 0 spiro atoms. The van der Waals surface area contributed by atoms with Crippen molar-refractivity contribution >= 4 is 33.9 Å². The molecule has 0 bridgehead atoms. The molecule has 5 heterocycles. The summed E-state index contributed by atoms with van der Waals surface area (Å²) in [5, 5.41) is 10.6. The third kappa shape index (κ3) is 2.88. The van der Waals surface area contributed by atoms with Crippen LogP contribution in [0.3, 0.4) is 0 Å². The summed E-state index contributed by atoms with van der Waals surface area (Å²) in [5.74, 6) is -1.70. The second-order valence-electron chi connectivity index (χ2n) is 7.24. The van der Waals surface area contributed by atoms with Gasteiger partial charge in [0.15, 0.2) is 0 Å². The number of hydrogen-bond donors (Lipinski definition) is 2. The summed E-state index contributed by atoms with van der Waals surface area (Å²) in [4.78, 5) is 41.3. The average Bonchev–Trinajstić information content (AvgIpc) is 3.46. The van der Waals surface area contributed by atoms with Crippen LogP contribution in [-0.2, 0) is 16.1 Å². The fourth-order valence-corrected chi connectivity index (χ4v) is 4.08. The van der Waals surface area contributed by atoms with Gasteiger partial charge < -0.3 is 19.6 Å². The lowest BCUT2D eigenvalue weighted by atomic mass is 10.1. The van der Waals surface area contributed by atoms with Crippen molar-refractivity contribution in [2.45, 2.75) is 25.4 Å². The van der Waals surface area contributed by atoms with Crippen LogP contribution in [0.2, 0.25) is 0 Å². The number of carboxylic acids is 1. The first kappa shape index (κ1) is 18.2. The molecule has 9 nitrogen and oxygen atoms in total. The van der Waals surface area contributed by atoms with Gasteiger partial charge in [-0.1, -0.05) is 0 Å². The van der Waals surface area contributed by atoms with E-state index in [0.717, 1.165) is 6.20 Å². The normalized spacial score (nSPS) is 16.6. The summed E-state index contributed by atoms with van der Waals surface area (Å²) in [6.45, 7) is 0.414. The highest BCUT2D eigenvalue weighted by Crippen LogP contribution is 2.31. The van der Waals surface area contributed by atoms with Crippen molar-refractivity contribution in [2.75, 3.05) is 6.54 Å². The number of amides is 1. The number of nitrogens with one attached hydrogen (secondary N) is 1. The minimum absolute atomic E-state index is 0.0200. The average molecular weight is 408 g/mol. The second kappa shape index (κ2) is 6.90. The minimum atomic E-state index is -0.983. The number of aliphatic carboxylic acids is 1. The summed E-state index contributed by atoms with van der Waals surface area (Å²) in [6.07, 6.45) is 7.10. The molecule has 1 atom stereocenters. The van der Waals surface area contributed by atoms with Crippen molar-refractivity contribution in [3.05, 3.63) is 42.9 Å². The highest BCUT2D eigenvalue weighted by Gasteiger charge is 2.34. The lowest BCUT2D eigenvalue weighted by Gasteiger charge is -2.21. The number of carbonyl (C=O) groups is 2. The Morgan fingerprint density at radius 1 is 1.27 bits per heavy atom. The number of H-pyrrole nitrogens is 1. The molecular formula is C20H17FN6O3. The maximum Gasteiger partial charge on any atom is 0.326 e. The van der Waals surface area contributed by atoms with E-state index < -0.39 is 17.8 Å². The molecule has 4 aromatic heterocycles. The standard InChI is InChI=1S/C20H17FN6O3/c21-11-6-13-14(8-23-18(13)22-7-11)17-12-3-5-26(19(12)25-10-24-17)9-16(28)27-4-1-2-15(27)20(29)30/h3,5-8,10,15H,1-2,4,9H2,(H,22,23)(H,29,30)/t15-/m1/s1. The maximum absolute atomic E-state index is 13.7. The number of aromatic amines is 1. The molecule has 0 aromatic carbocycles. The number of nitrogens with zero attached hydrogens (tertiary/aromatic N) is 5. The van der Waals surface area contributed by atoms with E-state index in [0.29, 0.717) is 52.7 Å². The topological polar surface area (TPSA) is 117 Å². The maximum atomic E-state index is 13.7. The van der Waals surface area contributed by atoms with E-state index in [4.69, 9.17) is 0 Å². The number of likely N-dealkylation sites (tertiary alicyclic amines) is 1. The molecule has 0 saturated carbocycles. The summed E-state index contributed by atoms with van der Waals surface area (Å²) < 4.78 is 15.4. The van der Waals surface area contributed by atoms with Gasteiger partial charge in [-0.2, -0.15) is 0 Å². The monoisotopic (exact) mass is 408 g/mol. The van der Waals surface area contributed by atoms with Crippen molar-refractivity contribution < 1.29 is 19.1 Å². The molecular weight excluding hydrogens is 391 g/mol. The van der Waals surface area contributed by atoms with Gasteiger partial charge in [-0.15, -0.1) is 0 Å². The van der Waals surface area contributed by atoms with E-state index in [1.54, 1.807) is 23.0 Å². The quantitative estimate of drug-likeness (QED) is 0.535. The number of pyridine rings is 1. The number of hydrogen-bond acceptors (Lipinski definition) is 5. The Morgan fingerprint density at radius 3 is 2.97 bits per heavy atom. The zero-order chi connectivity index (χ0) is 20.8. The number of aromatic nitrogens is 5. The Balaban J connectivity index is 1.52. The van der Waals surface area contributed by atoms with E-state index in [1.165, 1.54) is 17.3 Å². The first-order chi connectivity index (χ1) is 14.5. The number of carboxylic acid groups (broad SMARTS) is 1. The summed E-state index contributed by atoms with van der Waals surface area (Å²) in [7, 11) is 0. The molecule has 2 N–H and O–H groups in total. The third-order valence-corrected chi connectivity index (χ3v) is 5.47. The number of carbonyl (C=O) groups excluding carboxylic acids is 1. The van der Waals surface area contributed by atoms with Crippen LogP contribution in [0.5, 0.6) is 0 Å². The summed E-state index contributed by atoms with van der Waals surface area (Å²) in [6, 6.07) is 2.41. The van der Waals surface area contributed by atoms with Crippen molar-refractivity contribution in [2.24, 2.45) is 0 Å². The molecule has 1 aliphatic heterocycles. The van der Waals surface area contributed by atoms with Gasteiger partial charge in [0.05, 0.1) is 11.9 Å². The minimum Gasteiger partial charge on any atom is -0.480 e. The Labute approximate surface area is 169 Å².